The highest BCUT2D eigenvalue weighted by atomic mass is 35.5. The number of halogens is 1. The Kier molecular flexibility index (Phi) is 5.63. The third-order valence-corrected chi connectivity index (χ3v) is 6.59. The summed E-state index contributed by atoms with van der Waals surface area (Å²) in [6.07, 6.45) is 0. The Morgan fingerprint density at radius 1 is 1.20 bits per heavy atom. The highest BCUT2D eigenvalue weighted by molar-refractivity contribution is 6.33. The van der Waals surface area contributed by atoms with Crippen LogP contribution in [-0.2, 0) is 4.79 Å². The van der Waals surface area contributed by atoms with Gasteiger partial charge in [0.2, 0.25) is 11.9 Å². The predicted octanol–water partition coefficient (Wildman–Crippen LogP) is 2.95. The fraction of sp³-hybridized carbons (Fsp3) is 0.240. The Hall–Kier alpha value is -4.00. The molecule has 0 atom stereocenters. The summed E-state index contributed by atoms with van der Waals surface area (Å²) in [4.78, 5) is 23.5. The van der Waals surface area contributed by atoms with Gasteiger partial charge in [0.1, 0.15) is 17.1 Å². The molecule has 0 unspecified atom stereocenters. The molecule has 3 heterocycles. The fourth-order valence-electron chi connectivity index (χ4n) is 4.45. The molecule has 0 bridgehead atoms. The molecule has 4 aromatic rings. The Bertz CT molecular complexity index is 1480. The van der Waals surface area contributed by atoms with Crippen molar-refractivity contribution >= 4 is 29.1 Å². The molecule has 2 aromatic carbocycles. The number of rotatable bonds is 6. The zero-order valence-electron chi connectivity index (χ0n) is 19.3. The predicted molar refractivity (Wildman–Crippen MR) is 134 cm³/mol. The molecular formula is C25H23ClN8O. The maximum absolute atomic E-state index is 12.1. The number of carbonyl (C=O) groups is 1. The number of hydrogen-bond acceptors (Lipinski definition) is 7. The summed E-state index contributed by atoms with van der Waals surface area (Å²) in [6, 6.07) is 16.9. The van der Waals surface area contributed by atoms with Gasteiger partial charge >= 0.3 is 0 Å². The number of aromatic nitrogens is 4. The quantitative estimate of drug-likeness (QED) is 0.429. The molecule has 10 heteroatoms. The van der Waals surface area contributed by atoms with Gasteiger partial charge in [-0.05, 0) is 37.2 Å². The highest BCUT2D eigenvalue weighted by Crippen LogP contribution is 2.38. The standard InChI is InChI=1S/C25H23ClN8O/c1-3-29-25(23(28)35)13-33(14-25)24-30-15(2)34-22(31-24)20(17-10-8-16(12-27)9-11-17)21(32-34)18-6-4-5-7-19(18)26/h4-11,29H,3,13-14H2,1-2H3,(H2,28,35). The van der Waals surface area contributed by atoms with Gasteiger partial charge in [-0.25, -0.2) is 0 Å². The van der Waals surface area contributed by atoms with Crippen LogP contribution in [0, 0.1) is 18.3 Å². The minimum atomic E-state index is -0.795. The minimum absolute atomic E-state index is 0.378. The molecule has 2 aromatic heterocycles. The molecule has 3 N–H and O–H groups in total. The zero-order chi connectivity index (χ0) is 24.7. The largest absolute Gasteiger partial charge is 0.368 e. The summed E-state index contributed by atoms with van der Waals surface area (Å²) in [6.45, 7) is 5.18. The van der Waals surface area contributed by atoms with Crippen LogP contribution in [0.25, 0.3) is 28.0 Å². The van der Waals surface area contributed by atoms with Crippen molar-refractivity contribution in [2.75, 3.05) is 24.5 Å². The summed E-state index contributed by atoms with van der Waals surface area (Å²) >= 11 is 6.55. The van der Waals surface area contributed by atoms with E-state index in [1.165, 1.54) is 0 Å². The first-order valence-corrected chi connectivity index (χ1v) is 11.6. The number of likely N-dealkylation sites (N-methyl/N-ethyl adjacent to an activating group) is 1. The van der Waals surface area contributed by atoms with E-state index in [4.69, 9.17) is 27.4 Å². The van der Waals surface area contributed by atoms with Crippen LogP contribution in [0.1, 0.15) is 18.3 Å². The van der Waals surface area contributed by atoms with E-state index in [0.717, 1.165) is 16.7 Å². The lowest BCUT2D eigenvalue weighted by Crippen LogP contribution is -2.75. The Morgan fingerprint density at radius 2 is 1.91 bits per heavy atom. The van der Waals surface area contributed by atoms with Crippen LogP contribution in [0.15, 0.2) is 48.5 Å². The van der Waals surface area contributed by atoms with E-state index in [2.05, 4.69) is 16.4 Å². The number of anilines is 1. The topological polar surface area (TPSA) is 125 Å². The van der Waals surface area contributed by atoms with E-state index in [1.807, 2.05) is 55.1 Å². The maximum Gasteiger partial charge on any atom is 0.241 e. The highest BCUT2D eigenvalue weighted by Gasteiger charge is 2.48. The van der Waals surface area contributed by atoms with Gasteiger partial charge in [-0.15, -0.1) is 0 Å². The second-order valence-corrected chi connectivity index (χ2v) is 8.94. The SMILES string of the molecule is CCNC1(C(N)=O)CN(c2nc(C)n3nc(-c4ccccc4Cl)c(-c4ccc(C#N)cc4)c3n2)C1. The van der Waals surface area contributed by atoms with Crippen LogP contribution in [0.3, 0.4) is 0 Å². The van der Waals surface area contributed by atoms with Crippen molar-refractivity contribution < 1.29 is 4.79 Å². The first kappa shape index (κ1) is 22.8. The number of nitrogens with two attached hydrogens (primary N) is 1. The van der Waals surface area contributed by atoms with Gasteiger partial charge in [0.05, 0.1) is 22.2 Å². The molecule has 35 heavy (non-hydrogen) atoms. The molecule has 1 aliphatic rings. The molecule has 0 radical (unpaired) electrons. The van der Waals surface area contributed by atoms with Crippen LogP contribution in [-0.4, -0.2) is 50.7 Å². The van der Waals surface area contributed by atoms with Crippen molar-refractivity contribution in [2.45, 2.75) is 19.4 Å². The number of nitrogens with zero attached hydrogens (tertiary/aromatic N) is 6. The lowest BCUT2D eigenvalue weighted by molar-refractivity contribution is -0.125. The van der Waals surface area contributed by atoms with E-state index in [9.17, 15) is 10.1 Å². The number of carbonyl (C=O) groups excluding carboxylic acids is 1. The van der Waals surface area contributed by atoms with E-state index < -0.39 is 11.4 Å². The molecule has 9 nitrogen and oxygen atoms in total. The smallest absolute Gasteiger partial charge is 0.241 e. The third-order valence-electron chi connectivity index (χ3n) is 6.26. The van der Waals surface area contributed by atoms with E-state index >= 15 is 0 Å². The van der Waals surface area contributed by atoms with Crippen molar-refractivity contribution in [1.82, 2.24) is 24.9 Å². The summed E-state index contributed by atoms with van der Waals surface area (Å²) in [7, 11) is 0. The van der Waals surface area contributed by atoms with Gasteiger partial charge in [-0.1, -0.05) is 48.9 Å². The third kappa shape index (κ3) is 3.77. The van der Waals surface area contributed by atoms with Crippen molar-refractivity contribution in [1.29, 1.82) is 5.26 Å². The number of amides is 1. The number of primary amides is 1. The molecule has 1 fully saturated rings. The van der Waals surface area contributed by atoms with Gasteiger partial charge in [-0.3, -0.25) is 4.79 Å². The molecule has 1 saturated heterocycles. The molecule has 0 saturated carbocycles. The Morgan fingerprint density at radius 3 is 2.54 bits per heavy atom. The normalized spacial score (nSPS) is 14.5. The molecule has 5 rings (SSSR count). The van der Waals surface area contributed by atoms with Crippen LogP contribution in [0.5, 0.6) is 0 Å². The first-order chi connectivity index (χ1) is 16.9. The van der Waals surface area contributed by atoms with E-state index in [0.29, 0.717) is 53.3 Å². The van der Waals surface area contributed by atoms with Gasteiger partial charge in [0.15, 0.2) is 5.65 Å². The van der Waals surface area contributed by atoms with E-state index in [1.54, 1.807) is 16.6 Å². The summed E-state index contributed by atoms with van der Waals surface area (Å²) in [5.74, 6) is 0.737. The maximum atomic E-state index is 12.1. The molecular weight excluding hydrogens is 464 g/mol. The second kappa shape index (κ2) is 8.65. The number of nitrogens with one attached hydrogen (secondary N) is 1. The van der Waals surface area contributed by atoms with E-state index in [-0.39, 0.29) is 0 Å². The van der Waals surface area contributed by atoms with Crippen molar-refractivity contribution in [3.63, 3.8) is 0 Å². The Labute approximate surface area is 207 Å². The number of hydrogen-bond donors (Lipinski definition) is 2. The van der Waals surface area contributed by atoms with Crippen molar-refractivity contribution in [2.24, 2.45) is 5.73 Å². The van der Waals surface area contributed by atoms with Crippen LogP contribution < -0.4 is 16.0 Å². The fourth-order valence-corrected chi connectivity index (χ4v) is 4.68. The summed E-state index contributed by atoms with van der Waals surface area (Å²) < 4.78 is 1.70. The summed E-state index contributed by atoms with van der Waals surface area (Å²) in [5, 5.41) is 17.8. The van der Waals surface area contributed by atoms with Gasteiger partial charge in [0, 0.05) is 18.7 Å². The van der Waals surface area contributed by atoms with Gasteiger partial charge < -0.3 is 16.0 Å². The number of benzene rings is 2. The summed E-state index contributed by atoms with van der Waals surface area (Å²) in [5.41, 5.74) is 9.09. The second-order valence-electron chi connectivity index (χ2n) is 8.53. The average molecular weight is 487 g/mol. The molecule has 0 spiro atoms. The molecule has 176 valence electrons. The molecule has 0 aliphatic carbocycles. The average Bonchev–Trinajstić information content (AvgIpc) is 3.21. The lowest BCUT2D eigenvalue weighted by atomic mass is 9.89. The van der Waals surface area contributed by atoms with Crippen LogP contribution in [0.4, 0.5) is 5.95 Å². The molecule has 1 amide bonds. The number of aryl methyl sites for hydroxylation is 1. The van der Waals surface area contributed by atoms with Gasteiger partial charge in [0.25, 0.3) is 0 Å². The monoisotopic (exact) mass is 486 g/mol. The van der Waals surface area contributed by atoms with Crippen LogP contribution in [0.2, 0.25) is 5.02 Å². The number of fused-ring (bicyclic) bond motifs is 1. The zero-order valence-corrected chi connectivity index (χ0v) is 20.0. The van der Waals surface area contributed by atoms with Gasteiger partial charge in [-0.2, -0.15) is 24.8 Å². The Balaban J connectivity index is 1.68. The number of nitriles is 1. The van der Waals surface area contributed by atoms with Crippen LogP contribution >= 0.6 is 11.6 Å². The molecule has 1 aliphatic heterocycles. The lowest BCUT2D eigenvalue weighted by Gasteiger charge is -2.48. The minimum Gasteiger partial charge on any atom is -0.368 e. The van der Waals surface area contributed by atoms with Crippen molar-refractivity contribution in [3.8, 4) is 28.5 Å². The van der Waals surface area contributed by atoms with Crippen molar-refractivity contribution in [3.05, 3.63) is 64.9 Å². The first-order valence-electron chi connectivity index (χ1n) is 11.2.